The van der Waals surface area contributed by atoms with Gasteiger partial charge in [-0.1, -0.05) is 52.0 Å². The second kappa shape index (κ2) is 37.1. The molecule has 0 aliphatic carbocycles. The summed E-state index contributed by atoms with van der Waals surface area (Å²) in [5.74, 6) is -16.8. The summed E-state index contributed by atoms with van der Waals surface area (Å²) >= 11 is 2.09. The summed E-state index contributed by atoms with van der Waals surface area (Å²) in [6.07, 6.45) is -2.17. The summed E-state index contributed by atoms with van der Waals surface area (Å²) < 4.78 is 0. The lowest BCUT2D eigenvalue weighted by atomic mass is 9.99. The van der Waals surface area contributed by atoms with Crippen molar-refractivity contribution in [2.45, 2.75) is 146 Å². The van der Waals surface area contributed by atoms with Crippen LogP contribution >= 0.6 is 23.5 Å². The highest BCUT2D eigenvalue weighted by atomic mass is 32.2. The molecule has 30 nitrogen and oxygen atoms in total. The predicted molar refractivity (Wildman–Crippen MR) is 320 cm³/mol. The number of rotatable bonds is 20. The molecule has 3 rings (SSSR count). The molecule has 0 spiro atoms. The Balaban J connectivity index is 2.19. The standard InChI is InChI=1S/C56H80N12O18S2/c1-28(2)21-37-52(82)65-38(22-30-9-13-32(69)14-10-30)53(83)62-35(17-18-46(76)77)50(80)66-40(24-42(57)71)55(85)68-47(29(3)4)56(86)59-25-43(72)60-36(19-20-87-5)51(81)64-39(23-31-11-15-33(70)16-12-31)54(84)67-41(48(58)78)26-88-27-44(73)61-34(49(79)63-37)7-6-8-45(74)75/h9-16,28-29,34-41,47,69-70H,6-8,17-27H2,1-5H3,(H2,57,71)(H2,58,78)(H,59,86)(H,60,72)(H,61,73)(H,62,83)(H,63,79)(H,64,81)(H,65,82)(H,66,80)(H,67,84)(H,68,85)(H,74,75)(H,76,77)/t34-,35-,36-,37-,38-,39-,40-,41-,47-/m1/s1. The number of phenols is 2. The molecular formula is C56H80N12O18S2. The number of nitrogens with one attached hydrogen (secondary N) is 10. The number of primary amides is 2. The molecular weight excluding hydrogens is 1190 g/mol. The fourth-order valence-corrected chi connectivity index (χ4v) is 10.0. The van der Waals surface area contributed by atoms with Crippen LogP contribution in [-0.4, -0.2) is 188 Å². The molecule has 1 saturated heterocycles. The number of hydrogen-bond donors (Lipinski definition) is 16. The number of phenolic OH excluding ortho intramolecular Hbond substituents is 2. The van der Waals surface area contributed by atoms with Gasteiger partial charge >= 0.3 is 11.9 Å². The number of thioether (sulfide) groups is 2. The Morgan fingerprint density at radius 3 is 1.48 bits per heavy atom. The predicted octanol–water partition coefficient (Wildman–Crippen LogP) is -2.96. The first kappa shape index (κ1) is 73.6. The maximum Gasteiger partial charge on any atom is 0.303 e. The van der Waals surface area contributed by atoms with E-state index in [0.29, 0.717) is 11.1 Å². The van der Waals surface area contributed by atoms with Gasteiger partial charge < -0.3 is 85.1 Å². The summed E-state index contributed by atoms with van der Waals surface area (Å²) in [4.78, 5) is 189. The number of carboxylic acids is 2. The summed E-state index contributed by atoms with van der Waals surface area (Å²) in [6, 6.07) is -3.23. The molecule has 2 aromatic carbocycles. The molecule has 1 heterocycles. The molecule has 9 atom stereocenters. The van der Waals surface area contributed by atoms with Gasteiger partial charge in [-0.25, -0.2) is 0 Å². The molecule has 0 saturated carbocycles. The van der Waals surface area contributed by atoms with Crippen molar-refractivity contribution >= 4 is 106 Å². The van der Waals surface area contributed by atoms with E-state index in [1.165, 1.54) is 74.1 Å². The van der Waals surface area contributed by atoms with Crippen molar-refractivity contribution in [2.75, 3.05) is 30.1 Å². The SMILES string of the molecule is CSCC[C@H]1NC(=O)CNC(=O)[C@@H](C(C)C)NC(=O)[C@@H](CC(N)=O)NC(=O)[C@@H](CCC(=O)O)NC(=O)[C@@H](Cc2ccc(O)cc2)NC(=O)[C@@H](CC(C)C)NC(=O)[C@@H](CCCC(=O)O)NC(=O)CSC[C@H](C(N)=O)NC(=O)[C@@H](Cc2ccc(O)cc2)NC1=O. The van der Waals surface area contributed by atoms with Gasteiger partial charge in [0.25, 0.3) is 0 Å². The number of carbonyl (C=O) groups is 14. The largest absolute Gasteiger partial charge is 0.508 e. The molecule has 2 aromatic rings. The van der Waals surface area contributed by atoms with E-state index in [1.54, 1.807) is 20.1 Å². The van der Waals surface area contributed by atoms with E-state index in [9.17, 15) is 87.5 Å². The number of hydrogen-bond acceptors (Lipinski definition) is 18. The number of benzene rings is 2. The topological polar surface area (TPSA) is 492 Å². The van der Waals surface area contributed by atoms with E-state index >= 15 is 0 Å². The van der Waals surface area contributed by atoms with Crippen LogP contribution in [-0.2, 0) is 80.0 Å². The minimum absolute atomic E-state index is 0.0165. The van der Waals surface area contributed by atoms with E-state index < -0.39 is 181 Å². The van der Waals surface area contributed by atoms with E-state index in [0.717, 1.165) is 11.8 Å². The van der Waals surface area contributed by atoms with Crippen LogP contribution in [0.3, 0.4) is 0 Å². The second-order valence-corrected chi connectivity index (χ2v) is 23.5. The fraction of sp³-hybridized carbons (Fsp3) is 0.536. The third-order valence-electron chi connectivity index (χ3n) is 13.3. The molecule has 12 amide bonds. The van der Waals surface area contributed by atoms with Crippen molar-refractivity contribution in [2.24, 2.45) is 23.3 Å². The lowest BCUT2D eigenvalue weighted by molar-refractivity contribution is -0.139. The number of aliphatic carboxylic acids is 2. The van der Waals surface area contributed by atoms with Gasteiger partial charge in [-0.05, 0) is 91.3 Å². The highest BCUT2D eigenvalue weighted by Gasteiger charge is 2.36. The zero-order chi connectivity index (χ0) is 65.8. The van der Waals surface area contributed by atoms with Crippen LogP contribution < -0.4 is 64.6 Å². The number of carbonyl (C=O) groups excluding carboxylic acids is 12. The Hall–Kier alpha value is -8.68. The van der Waals surface area contributed by atoms with Crippen molar-refractivity contribution in [1.82, 2.24) is 53.2 Å². The molecule has 484 valence electrons. The molecule has 1 fully saturated rings. The van der Waals surface area contributed by atoms with Gasteiger partial charge in [0.05, 0.1) is 18.7 Å². The number of carboxylic acid groups (broad SMARTS) is 2. The zero-order valence-corrected chi connectivity index (χ0v) is 51.0. The van der Waals surface area contributed by atoms with Crippen LogP contribution in [0.4, 0.5) is 0 Å². The fourth-order valence-electron chi connectivity index (χ4n) is 8.68. The number of nitrogens with two attached hydrogens (primary N) is 2. The molecule has 0 bridgehead atoms. The highest BCUT2D eigenvalue weighted by molar-refractivity contribution is 8.00. The van der Waals surface area contributed by atoms with Gasteiger partial charge in [-0.3, -0.25) is 67.1 Å². The summed E-state index contributed by atoms with van der Waals surface area (Å²) in [5.41, 5.74) is 12.0. The lowest BCUT2D eigenvalue weighted by Crippen LogP contribution is -2.61. The van der Waals surface area contributed by atoms with Crippen LogP contribution in [0.2, 0.25) is 0 Å². The molecule has 0 aromatic heterocycles. The maximum absolute atomic E-state index is 14.4. The molecule has 88 heavy (non-hydrogen) atoms. The van der Waals surface area contributed by atoms with Crippen molar-refractivity contribution in [3.63, 3.8) is 0 Å². The minimum Gasteiger partial charge on any atom is -0.508 e. The number of amides is 12. The third-order valence-corrected chi connectivity index (χ3v) is 15.0. The van der Waals surface area contributed by atoms with Crippen molar-refractivity contribution < 1.29 is 87.5 Å². The summed E-state index contributed by atoms with van der Waals surface area (Å²) in [7, 11) is 0. The Morgan fingerprint density at radius 2 is 0.989 bits per heavy atom. The van der Waals surface area contributed by atoms with E-state index in [2.05, 4.69) is 53.2 Å². The average molecular weight is 1270 g/mol. The van der Waals surface area contributed by atoms with Crippen molar-refractivity contribution in [3.05, 3.63) is 59.7 Å². The Kier molecular flexibility index (Phi) is 31.0. The maximum atomic E-state index is 14.4. The second-order valence-electron chi connectivity index (χ2n) is 21.5. The van der Waals surface area contributed by atoms with Gasteiger partial charge in [0.1, 0.15) is 65.9 Å². The van der Waals surface area contributed by atoms with Crippen LogP contribution in [0.1, 0.15) is 90.2 Å². The molecule has 0 radical (unpaired) electrons. The van der Waals surface area contributed by atoms with Gasteiger partial charge in [-0.15, -0.1) is 11.8 Å². The average Bonchev–Trinajstić information content (AvgIpc) is 2.57. The van der Waals surface area contributed by atoms with Crippen LogP contribution in [0.5, 0.6) is 11.5 Å². The van der Waals surface area contributed by atoms with Crippen molar-refractivity contribution in [3.8, 4) is 11.5 Å². The molecule has 1 aliphatic rings. The van der Waals surface area contributed by atoms with E-state index in [1.807, 2.05) is 0 Å². The molecule has 0 unspecified atom stereocenters. The first-order valence-corrected chi connectivity index (χ1v) is 30.6. The smallest absolute Gasteiger partial charge is 0.303 e. The first-order chi connectivity index (χ1) is 41.5. The van der Waals surface area contributed by atoms with Gasteiger partial charge in [0.2, 0.25) is 70.9 Å². The first-order valence-electron chi connectivity index (χ1n) is 28.1. The third kappa shape index (κ3) is 26.9. The van der Waals surface area contributed by atoms with Crippen LogP contribution in [0, 0.1) is 11.8 Å². The Morgan fingerprint density at radius 1 is 0.545 bits per heavy atom. The molecule has 1 aliphatic heterocycles. The number of aromatic hydroxyl groups is 2. The Labute approximate surface area is 515 Å². The Bertz CT molecular complexity index is 2810. The quantitative estimate of drug-likeness (QED) is 0.0630. The van der Waals surface area contributed by atoms with Crippen LogP contribution in [0.25, 0.3) is 0 Å². The van der Waals surface area contributed by atoms with E-state index in [4.69, 9.17) is 11.5 Å². The van der Waals surface area contributed by atoms with Gasteiger partial charge in [0, 0.05) is 31.4 Å². The van der Waals surface area contributed by atoms with Crippen LogP contribution in [0.15, 0.2) is 48.5 Å². The van der Waals surface area contributed by atoms with Gasteiger partial charge in [0.15, 0.2) is 0 Å². The summed E-state index contributed by atoms with van der Waals surface area (Å²) in [6.45, 7) is 5.61. The molecule has 18 N–H and O–H groups in total. The highest BCUT2D eigenvalue weighted by Crippen LogP contribution is 2.17. The molecule has 32 heteroatoms. The zero-order valence-electron chi connectivity index (χ0n) is 49.3. The minimum atomic E-state index is -1.88. The van der Waals surface area contributed by atoms with Gasteiger partial charge in [-0.2, -0.15) is 11.8 Å². The monoisotopic (exact) mass is 1270 g/mol. The normalized spacial score (nSPS) is 23.3. The van der Waals surface area contributed by atoms with E-state index in [-0.39, 0.29) is 67.4 Å². The van der Waals surface area contributed by atoms with Crippen molar-refractivity contribution in [1.29, 1.82) is 0 Å². The summed E-state index contributed by atoms with van der Waals surface area (Å²) in [5, 5.41) is 63.8. The lowest BCUT2D eigenvalue weighted by Gasteiger charge is -2.28.